The fourth-order valence-electron chi connectivity index (χ4n) is 6.69. The van der Waals surface area contributed by atoms with Gasteiger partial charge in [-0.3, -0.25) is 9.36 Å². The average Bonchev–Trinajstić information content (AvgIpc) is 3.53. The van der Waals surface area contributed by atoms with Crippen LogP contribution in [0.15, 0.2) is 59.5 Å². The number of sulfonamides is 1. The number of hydrogen-bond donors (Lipinski definition) is 8. The van der Waals surface area contributed by atoms with E-state index in [2.05, 4.69) is 10.6 Å². The summed E-state index contributed by atoms with van der Waals surface area (Å²) in [6.45, 7) is -0.0906. The molecule has 8 N–H and O–H groups in total. The smallest absolute Gasteiger partial charge is 0.534 e. The molecule has 0 radical (unpaired) electrons. The van der Waals surface area contributed by atoms with Gasteiger partial charge < -0.3 is 50.3 Å². The highest BCUT2D eigenvalue weighted by atomic mass is 35.5. The fraction of sp³-hybridized carbons (Fsp3) is 0.312. The summed E-state index contributed by atoms with van der Waals surface area (Å²) >= 11 is 6.00. The quantitative estimate of drug-likeness (QED) is 0.0840. The molecule has 23 heteroatoms. The molecule has 6 rings (SSSR count). The van der Waals surface area contributed by atoms with Crippen molar-refractivity contribution in [1.29, 1.82) is 0 Å². The van der Waals surface area contributed by atoms with Gasteiger partial charge in [-0.15, -0.1) is 0 Å². The zero-order valence-electron chi connectivity index (χ0n) is 28.5. The number of urea groups is 2. The molecular weight excluding hydrogens is 788 g/mol. The predicted molar refractivity (Wildman–Crippen MR) is 192 cm³/mol. The van der Waals surface area contributed by atoms with Gasteiger partial charge >= 0.3 is 32.7 Å². The minimum absolute atomic E-state index is 0.0351. The standard InChI is InChI=1S/C32H34BClN5O14PS/c34-25-23(9-8-22(40)27(25)41)55(51,52)37-12-10-19(11-13-37)38-14-15-39(32(38)46)31(45)36-26(17-4-6-20(7-5-17)54(48,49)50)29(42)35-24-16-18-2-1-3-21(30(43)44)28(18)53-33(24)47/h1-9,19,24,26,40-41,47H,10-16H2,(H,35,42)(H,36,45)(H,43,44)(H2,48,49,50)/t24-,26+/m0/s1. The van der Waals surface area contributed by atoms with E-state index < -0.39 is 88.1 Å². The molecule has 0 unspecified atom stereocenters. The highest BCUT2D eigenvalue weighted by Crippen LogP contribution is 2.39. The van der Waals surface area contributed by atoms with Crippen LogP contribution in [0, 0.1) is 0 Å². The van der Waals surface area contributed by atoms with Crippen LogP contribution in [0.1, 0.15) is 40.4 Å². The molecular formula is C32H34BClN5O14PS. The summed E-state index contributed by atoms with van der Waals surface area (Å²) in [6.07, 6.45) is 0.301. The Bertz CT molecular complexity index is 2200. The third kappa shape index (κ3) is 7.95. The van der Waals surface area contributed by atoms with E-state index in [1.54, 1.807) is 6.07 Å². The Labute approximate surface area is 318 Å². The van der Waals surface area contributed by atoms with E-state index in [0.29, 0.717) is 5.56 Å². The summed E-state index contributed by atoms with van der Waals surface area (Å²) in [7, 11) is -10.6. The number of carboxylic acid groups (broad SMARTS) is 1. The monoisotopic (exact) mass is 821 g/mol. The maximum Gasteiger partial charge on any atom is 0.547 e. The summed E-state index contributed by atoms with van der Waals surface area (Å²) in [5.41, 5.74) is 0.232. The number of phenols is 2. The number of benzene rings is 3. The predicted octanol–water partition coefficient (Wildman–Crippen LogP) is 0.734. The molecule has 5 amide bonds. The lowest BCUT2D eigenvalue weighted by atomic mass is 9.72. The first-order chi connectivity index (χ1) is 25.9. The van der Waals surface area contributed by atoms with Crippen molar-refractivity contribution in [3.8, 4) is 17.2 Å². The van der Waals surface area contributed by atoms with E-state index in [4.69, 9.17) is 16.3 Å². The second kappa shape index (κ2) is 15.3. The third-order valence-electron chi connectivity index (χ3n) is 9.60. The molecule has 3 heterocycles. The summed E-state index contributed by atoms with van der Waals surface area (Å²) in [5.74, 6) is -4.76. The van der Waals surface area contributed by atoms with Crippen LogP contribution in [0.25, 0.3) is 0 Å². The average molecular weight is 822 g/mol. The second-order valence-electron chi connectivity index (χ2n) is 13.0. The highest BCUT2D eigenvalue weighted by Gasteiger charge is 2.43. The number of fused-ring (bicyclic) bond motifs is 1. The number of aromatic carboxylic acids is 1. The number of aromatic hydroxyl groups is 2. The molecule has 3 aliphatic heterocycles. The Hall–Kier alpha value is -4.89. The van der Waals surface area contributed by atoms with Gasteiger partial charge in [-0.1, -0.05) is 35.9 Å². The van der Waals surface area contributed by atoms with Gasteiger partial charge in [0.2, 0.25) is 15.9 Å². The van der Waals surface area contributed by atoms with Crippen molar-refractivity contribution >= 4 is 65.6 Å². The zero-order chi connectivity index (χ0) is 40.0. The van der Waals surface area contributed by atoms with E-state index in [0.717, 1.165) is 33.5 Å². The van der Waals surface area contributed by atoms with Crippen molar-refractivity contribution < 1.29 is 66.9 Å². The van der Waals surface area contributed by atoms with Gasteiger partial charge in [0, 0.05) is 32.2 Å². The first kappa shape index (κ1) is 39.8. The van der Waals surface area contributed by atoms with Crippen molar-refractivity contribution in [2.45, 2.75) is 42.2 Å². The van der Waals surface area contributed by atoms with Crippen LogP contribution in [0.5, 0.6) is 17.2 Å². The first-order valence-electron chi connectivity index (χ1n) is 16.6. The van der Waals surface area contributed by atoms with Crippen LogP contribution in [0.3, 0.4) is 0 Å². The summed E-state index contributed by atoms with van der Waals surface area (Å²) in [6, 6.07) is 7.16. The number of phenolic OH excluding ortho intramolecular Hbond substituents is 2. The van der Waals surface area contributed by atoms with E-state index in [1.165, 1.54) is 29.2 Å². The van der Waals surface area contributed by atoms with Gasteiger partial charge in [0.25, 0.3) is 0 Å². The number of hydrogen-bond acceptors (Lipinski definition) is 11. The van der Waals surface area contributed by atoms with Crippen LogP contribution >= 0.6 is 19.2 Å². The molecule has 2 fully saturated rings. The van der Waals surface area contributed by atoms with E-state index >= 15 is 0 Å². The Balaban J connectivity index is 1.15. The summed E-state index contributed by atoms with van der Waals surface area (Å²) in [5, 5.41) is 44.0. The van der Waals surface area contributed by atoms with Crippen molar-refractivity contribution in [2.75, 3.05) is 26.2 Å². The Kier molecular flexibility index (Phi) is 11.1. The third-order valence-corrected chi connectivity index (χ3v) is 13.0. The topological polar surface area (TPSA) is 284 Å². The second-order valence-corrected chi connectivity index (χ2v) is 16.8. The SMILES string of the molecule is O=C(O)c1cccc2c1OB(O)[C@@H](NC(=O)[C@H](NC(=O)N1CCN(C3CCN(S(=O)(=O)c4ccc(O)c(O)c4Cl)CC3)C1=O)c1ccc(P(=O)(O)O)cc1)C2. The van der Waals surface area contributed by atoms with Crippen LogP contribution in [0.2, 0.25) is 5.02 Å². The van der Waals surface area contributed by atoms with Gasteiger partial charge in [-0.25, -0.2) is 27.7 Å². The van der Waals surface area contributed by atoms with Gasteiger partial charge in [-0.2, -0.15) is 4.31 Å². The number of imide groups is 1. The summed E-state index contributed by atoms with van der Waals surface area (Å²) in [4.78, 5) is 73.7. The normalized spacial score (nSPS) is 18.7. The van der Waals surface area contributed by atoms with Crippen molar-refractivity contribution in [3.05, 3.63) is 76.3 Å². The molecule has 55 heavy (non-hydrogen) atoms. The number of piperidine rings is 1. The Morgan fingerprint density at radius 3 is 2.29 bits per heavy atom. The lowest BCUT2D eigenvalue weighted by molar-refractivity contribution is -0.123. The number of rotatable bonds is 9. The number of halogens is 1. The van der Waals surface area contributed by atoms with Gasteiger partial charge in [0.05, 0.1) is 16.8 Å². The number of nitrogens with zero attached hydrogens (tertiary/aromatic N) is 3. The number of carboxylic acids is 1. The van der Waals surface area contributed by atoms with Gasteiger partial charge in [0.1, 0.15) is 21.7 Å². The fourth-order valence-corrected chi connectivity index (χ4v) is 9.22. The largest absolute Gasteiger partial charge is 0.547 e. The van der Waals surface area contributed by atoms with Crippen molar-refractivity contribution in [1.82, 2.24) is 24.7 Å². The molecule has 0 spiro atoms. The van der Waals surface area contributed by atoms with Crippen molar-refractivity contribution in [2.24, 2.45) is 0 Å². The van der Waals surface area contributed by atoms with Crippen molar-refractivity contribution in [3.63, 3.8) is 0 Å². The molecule has 0 bridgehead atoms. The first-order valence-corrected chi connectivity index (χ1v) is 20.1. The van der Waals surface area contributed by atoms with Gasteiger partial charge in [0.15, 0.2) is 11.5 Å². The molecule has 2 saturated heterocycles. The van der Waals surface area contributed by atoms with E-state index in [9.17, 15) is 62.3 Å². The molecule has 0 aromatic heterocycles. The highest BCUT2D eigenvalue weighted by molar-refractivity contribution is 7.89. The Morgan fingerprint density at radius 1 is 0.982 bits per heavy atom. The van der Waals surface area contributed by atoms with Gasteiger partial charge in [-0.05, 0) is 60.7 Å². The number of para-hydroxylation sites is 1. The maximum atomic E-state index is 13.8. The zero-order valence-corrected chi connectivity index (χ0v) is 30.9. The molecule has 3 aromatic carbocycles. The Morgan fingerprint density at radius 2 is 1.65 bits per heavy atom. The van der Waals surface area contributed by atoms with Crippen LogP contribution in [0.4, 0.5) is 9.59 Å². The molecule has 292 valence electrons. The lowest BCUT2D eigenvalue weighted by Crippen LogP contribution is -2.56. The van der Waals surface area contributed by atoms with E-state index in [-0.39, 0.29) is 67.6 Å². The number of nitrogens with one attached hydrogen (secondary N) is 2. The maximum absolute atomic E-state index is 13.8. The van der Waals surface area contributed by atoms with E-state index in [1.807, 2.05) is 0 Å². The molecule has 3 aliphatic rings. The number of carbonyl (C=O) groups is 4. The van der Waals surface area contributed by atoms with Crippen LogP contribution < -0.4 is 20.6 Å². The number of carbonyl (C=O) groups excluding carboxylic acids is 3. The molecule has 3 aromatic rings. The minimum atomic E-state index is -4.68. The van der Waals surface area contributed by atoms with Crippen LogP contribution in [-0.4, -0.2) is 122 Å². The minimum Gasteiger partial charge on any atom is -0.534 e. The molecule has 2 atom stereocenters. The molecule has 19 nitrogen and oxygen atoms in total. The summed E-state index contributed by atoms with van der Waals surface area (Å²) < 4.78 is 44.9. The van der Waals surface area contributed by atoms with Crippen LogP contribution in [-0.2, 0) is 25.8 Å². The lowest BCUT2D eigenvalue weighted by Gasteiger charge is -2.36. The molecule has 0 aliphatic carbocycles. The molecule has 0 saturated carbocycles. The number of amides is 5.